The molecule has 1 fully saturated rings. The lowest BCUT2D eigenvalue weighted by Crippen LogP contribution is -2.47. The normalized spacial score (nSPS) is 21.8. The number of carbonyl (C=O) groups is 1. The summed E-state index contributed by atoms with van der Waals surface area (Å²) in [7, 11) is 2.05. The van der Waals surface area contributed by atoms with Crippen LogP contribution in [0.15, 0.2) is 42.6 Å². The maximum absolute atomic E-state index is 12.9. The van der Waals surface area contributed by atoms with Crippen molar-refractivity contribution in [3.8, 4) is 0 Å². The van der Waals surface area contributed by atoms with E-state index in [-0.39, 0.29) is 18.1 Å². The summed E-state index contributed by atoms with van der Waals surface area (Å²) in [6.45, 7) is 8.79. The number of pyridine rings is 1. The number of anilines is 2. The summed E-state index contributed by atoms with van der Waals surface area (Å²) in [5.41, 5.74) is 2.89. The third-order valence-corrected chi connectivity index (χ3v) is 5.77. The lowest BCUT2D eigenvalue weighted by molar-refractivity contribution is -0.0670. The van der Waals surface area contributed by atoms with Gasteiger partial charge in [-0.2, -0.15) is 0 Å². The lowest BCUT2D eigenvalue weighted by atomic mass is 10.2. The Bertz CT molecular complexity index is 844. The van der Waals surface area contributed by atoms with Gasteiger partial charge in [0.2, 0.25) is 0 Å². The summed E-state index contributed by atoms with van der Waals surface area (Å²) in [6.07, 6.45) is 3.18. The van der Waals surface area contributed by atoms with E-state index >= 15 is 0 Å². The number of ether oxygens (including phenoxy) is 1. The van der Waals surface area contributed by atoms with E-state index in [4.69, 9.17) is 4.74 Å². The molecule has 0 saturated carbocycles. The Labute approximate surface area is 173 Å². The van der Waals surface area contributed by atoms with Crippen LogP contribution in [0, 0.1) is 0 Å². The fourth-order valence-electron chi connectivity index (χ4n) is 4.32. The highest BCUT2D eigenvalue weighted by Gasteiger charge is 2.25. The molecule has 2 aliphatic rings. The van der Waals surface area contributed by atoms with E-state index in [2.05, 4.69) is 34.7 Å². The van der Waals surface area contributed by atoms with Gasteiger partial charge in [0.05, 0.1) is 17.8 Å². The molecule has 2 aliphatic heterocycles. The van der Waals surface area contributed by atoms with Crippen molar-refractivity contribution in [2.24, 2.45) is 0 Å². The van der Waals surface area contributed by atoms with Crippen LogP contribution in [0.5, 0.6) is 0 Å². The van der Waals surface area contributed by atoms with Gasteiger partial charge in [-0.05, 0) is 44.0 Å². The molecule has 0 N–H and O–H groups in total. The molecule has 1 saturated heterocycles. The van der Waals surface area contributed by atoms with E-state index in [1.165, 1.54) is 5.56 Å². The molecule has 2 aromatic rings. The third kappa shape index (κ3) is 4.43. The molecule has 0 radical (unpaired) electrons. The molecule has 4 rings (SSSR count). The largest absolute Gasteiger partial charge is 0.373 e. The van der Waals surface area contributed by atoms with Gasteiger partial charge in [-0.15, -0.1) is 0 Å². The first-order valence-corrected chi connectivity index (χ1v) is 10.5. The van der Waals surface area contributed by atoms with Crippen molar-refractivity contribution in [3.05, 3.63) is 53.7 Å². The summed E-state index contributed by atoms with van der Waals surface area (Å²) in [5.74, 6) is 0.908. The highest BCUT2D eigenvalue weighted by Crippen LogP contribution is 2.28. The van der Waals surface area contributed by atoms with Crippen LogP contribution in [0.4, 0.5) is 11.5 Å². The maximum atomic E-state index is 12.9. The Balaban J connectivity index is 1.36. The lowest BCUT2D eigenvalue weighted by Gasteiger charge is -2.36. The molecular weight excluding hydrogens is 364 g/mol. The first-order chi connectivity index (χ1) is 14.0. The van der Waals surface area contributed by atoms with Crippen LogP contribution in [-0.2, 0) is 11.2 Å². The predicted molar refractivity (Wildman–Crippen MR) is 116 cm³/mol. The molecular formula is C23H30N4O2. The highest BCUT2D eigenvalue weighted by atomic mass is 16.5. The van der Waals surface area contributed by atoms with Gasteiger partial charge < -0.3 is 14.5 Å². The van der Waals surface area contributed by atoms with E-state index in [9.17, 15) is 4.79 Å². The number of morpholine rings is 1. The maximum Gasteiger partial charge on any atom is 0.259 e. The Hall–Kier alpha value is -2.44. The molecule has 154 valence electrons. The number of benzene rings is 1. The summed E-state index contributed by atoms with van der Waals surface area (Å²) < 4.78 is 5.80. The Morgan fingerprint density at radius 1 is 1.17 bits per heavy atom. The number of aromatic nitrogens is 1. The van der Waals surface area contributed by atoms with Crippen LogP contribution in [0.3, 0.4) is 0 Å². The second-order valence-corrected chi connectivity index (χ2v) is 8.18. The van der Waals surface area contributed by atoms with Crippen molar-refractivity contribution in [1.82, 2.24) is 9.88 Å². The van der Waals surface area contributed by atoms with Crippen LogP contribution in [-0.4, -0.2) is 67.8 Å². The molecule has 1 aromatic heterocycles. The molecule has 1 amide bonds. The van der Waals surface area contributed by atoms with Gasteiger partial charge >= 0.3 is 0 Å². The molecule has 6 heteroatoms. The quantitative estimate of drug-likeness (QED) is 0.781. The number of amides is 1. The second kappa shape index (κ2) is 8.51. The number of para-hydroxylation sites is 1. The van der Waals surface area contributed by atoms with Crippen LogP contribution in [0.1, 0.15) is 29.8 Å². The fourth-order valence-corrected chi connectivity index (χ4v) is 4.32. The Morgan fingerprint density at radius 2 is 1.93 bits per heavy atom. The molecule has 0 unspecified atom stereocenters. The smallest absolute Gasteiger partial charge is 0.259 e. The van der Waals surface area contributed by atoms with E-state index in [1.807, 2.05) is 42.3 Å². The molecule has 29 heavy (non-hydrogen) atoms. The van der Waals surface area contributed by atoms with Crippen molar-refractivity contribution >= 4 is 17.4 Å². The molecule has 2 atom stereocenters. The van der Waals surface area contributed by atoms with E-state index < -0.39 is 0 Å². The molecule has 0 bridgehead atoms. The van der Waals surface area contributed by atoms with Crippen LogP contribution < -0.4 is 9.80 Å². The second-order valence-electron chi connectivity index (χ2n) is 8.18. The van der Waals surface area contributed by atoms with Gasteiger partial charge in [-0.25, -0.2) is 4.98 Å². The first-order valence-electron chi connectivity index (χ1n) is 10.5. The third-order valence-electron chi connectivity index (χ3n) is 5.77. The summed E-state index contributed by atoms with van der Waals surface area (Å²) in [4.78, 5) is 23.9. The number of hydrogen-bond acceptors (Lipinski definition) is 5. The Morgan fingerprint density at radius 3 is 2.66 bits per heavy atom. The van der Waals surface area contributed by atoms with E-state index in [1.54, 1.807) is 6.20 Å². The van der Waals surface area contributed by atoms with Crippen molar-refractivity contribution in [2.75, 3.05) is 49.6 Å². The zero-order valence-electron chi connectivity index (χ0n) is 17.5. The van der Waals surface area contributed by atoms with Gasteiger partial charge in [0.15, 0.2) is 0 Å². The molecule has 0 spiro atoms. The van der Waals surface area contributed by atoms with Crippen molar-refractivity contribution in [1.29, 1.82) is 0 Å². The highest BCUT2D eigenvalue weighted by molar-refractivity contribution is 6.07. The molecule has 6 nitrogen and oxygen atoms in total. The molecule has 0 aliphatic carbocycles. The van der Waals surface area contributed by atoms with Gasteiger partial charge in [0.25, 0.3) is 5.91 Å². The van der Waals surface area contributed by atoms with Crippen LogP contribution in [0.25, 0.3) is 0 Å². The van der Waals surface area contributed by atoms with Crippen molar-refractivity contribution in [3.63, 3.8) is 0 Å². The summed E-state index contributed by atoms with van der Waals surface area (Å²) in [5, 5.41) is 0. The standard InChI is InChI=1S/C23H30N4O2/c1-17-15-26(16-18(2)29-17)13-12-25(3)22-9-8-20(14-24-22)23(28)27-11-10-19-6-4-5-7-21(19)27/h4-9,14,17-18H,10-13,15-16H2,1-3H3/t17-,18+. The number of nitrogens with zero attached hydrogens (tertiary/aromatic N) is 4. The minimum atomic E-state index is 0.0212. The van der Waals surface area contributed by atoms with Gasteiger partial charge in [0.1, 0.15) is 5.82 Å². The average molecular weight is 395 g/mol. The predicted octanol–water partition coefficient (Wildman–Crippen LogP) is 2.83. The summed E-state index contributed by atoms with van der Waals surface area (Å²) >= 11 is 0. The minimum absolute atomic E-state index is 0.0212. The zero-order chi connectivity index (χ0) is 20.4. The number of rotatable bonds is 5. The number of likely N-dealkylation sites (N-methyl/N-ethyl adjacent to an activating group) is 1. The monoisotopic (exact) mass is 394 g/mol. The number of hydrogen-bond donors (Lipinski definition) is 0. The fraction of sp³-hybridized carbons (Fsp3) is 0.478. The number of carbonyl (C=O) groups excluding carboxylic acids is 1. The Kier molecular flexibility index (Phi) is 5.83. The molecule has 3 heterocycles. The SMILES string of the molecule is C[C@@H]1CN(CCN(C)c2ccc(C(=O)N3CCc4ccccc43)cn2)C[C@H](C)O1. The van der Waals surface area contributed by atoms with E-state index in [0.29, 0.717) is 5.56 Å². The van der Waals surface area contributed by atoms with Crippen molar-refractivity contribution in [2.45, 2.75) is 32.5 Å². The average Bonchev–Trinajstić information content (AvgIpc) is 3.15. The van der Waals surface area contributed by atoms with Gasteiger partial charge in [-0.3, -0.25) is 9.69 Å². The van der Waals surface area contributed by atoms with Crippen LogP contribution in [0.2, 0.25) is 0 Å². The van der Waals surface area contributed by atoms with Crippen molar-refractivity contribution < 1.29 is 9.53 Å². The van der Waals surface area contributed by atoms with Gasteiger partial charge in [-0.1, -0.05) is 18.2 Å². The minimum Gasteiger partial charge on any atom is -0.373 e. The van der Waals surface area contributed by atoms with Crippen LogP contribution >= 0.6 is 0 Å². The van der Waals surface area contributed by atoms with Gasteiger partial charge in [0, 0.05) is 51.7 Å². The molecule has 1 aromatic carbocycles. The number of fused-ring (bicyclic) bond motifs is 1. The first kappa shape index (κ1) is 19.9. The topological polar surface area (TPSA) is 48.9 Å². The summed E-state index contributed by atoms with van der Waals surface area (Å²) in [6, 6.07) is 12.0. The zero-order valence-corrected chi connectivity index (χ0v) is 17.5. The van der Waals surface area contributed by atoms with E-state index in [0.717, 1.165) is 50.6 Å².